The van der Waals surface area contributed by atoms with Gasteiger partial charge in [-0.05, 0) is 63.3 Å². The quantitative estimate of drug-likeness (QED) is 0.368. The molecule has 1 aliphatic heterocycles. The second kappa shape index (κ2) is 12.5. The van der Waals surface area contributed by atoms with Gasteiger partial charge in [-0.2, -0.15) is 4.31 Å². The third kappa shape index (κ3) is 6.78. The molecule has 1 aromatic heterocycles. The summed E-state index contributed by atoms with van der Waals surface area (Å²) in [6.45, 7) is 2.06. The molecule has 4 rings (SSSR count). The lowest BCUT2D eigenvalue weighted by atomic mass is 10.2. The fourth-order valence-corrected chi connectivity index (χ4v) is 6.17. The minimum Gasteiger partial charge on any atom is -0.497 e. The van der Waals surface area contributed by atoms with Gasteiger partial charge in [0, 0.05) is 44.9 Å². The summed E-state index contributed by atoms with van der Waals surface area (Å²) in [5, 5.41) is 0.582. The summed E-state index contributed by atoms with van der Waals surface area (Å²) in [5.41, 5.74) is 1.15. The molecule has 0 saturated carbocycles. The first-order valence-electron chi connectivity index (χ1n) is 11.8. The summed E-state index contributed by atoms with van der Waals surface area (Å²) >= 11 is 1.43. The van der Waals surface area contributed by atoms with E-state index in [1.165, 1.54) is 27.8 Å². The van der Waals surface area contributed by atoms with Gasteiger partial charge in [-0.1, -0.05) is 11.3 Å². The molecule has 12 heteroatoms. The van der Waals surface area contributed by atoms with Crippen molar-refractivity contribution < 1.29 is 22.7 Å². The number of aromatic nitrogens is 1. The van der Waals surface area contributed by atoms with Gasteiger partial charge in [0.2, 0.25) is 10.0 Å². The van der Waals surface area contributed by atoms with E-state index in [9.17, 15) is 13.2 Å². The van der Waals surface area contributed by atoms with Crippen molar-refractivity contribution in [2.45, 2.75) is 23.8 Å². The van der Waals surface area contributed by atoms with Crippen LogP contribution in [0.4, 0.5) is 5.13 Å². The third-order valence-electron chi connectivity index (χ3n) is 6.12. The number of methoxy groups -OCH3 is 1. The highest BCUT2D eigenvalue weighted by molar-refractivity contribution is 7.89. The van der Waals surface area contributed by atoms with Crippen molar-refractivity contribution >= 4 is 55.0 Å². The zero-order chi connectivity index (χ0) is 25.9. The molecule has 1 fully saturated rings. The van der Waals surface area contributed by atoms with Crippen molar-refractivity contribution in [2.75, 3.05) is 59.4 Å². The molecule has 202 valence electrons. The van der Waals surface area contributed by atoms with Crippen LogP contribution in [0.1, 0.15) is 23.2 Å². The number of nitrogens with zero attached hydrogens (tertiary/aromatic N) is 4. The Morgan fingerprint density at radius 2 is 1.86 bits per heavy atom. The number of carbonyl (C=O) groups excluding carboxylic acids is 1. The lowest BCUT2D eigenvalue weighted by molar-refractivity contribution is 0.0978. The number of carbonyl (C=O) groups is 1. The minimum absolute atomic E-state index is 0. The van der Waals surface area contributed by atoms with E-state index in [2.05, 4.69) is 4.98 Å². The van der Waals surface area contributed by atoms with Crippen LogP contribution in [-0.2, 0) is 14.8 Å². The molecule has 0 N–H and O–H groups in total. The highest BCUT2D eigenvalue weighted by atomic mass is 35.5. The van der Waals surface area contributed by atoms with Crippen molar-refractivity contribution in [3.05, 3.63) is 48.0 Å². The van der Waals surface area contributed by atoms with E-state index in [-0.39, 0.29) is 29.3 Å². The maximum Gasteiger partial charge on any atom is 0.260 e. The Morgan fingerprint density at radius 3 is 2.49 bits per heavy atom. The number of sulfonamides is 1. The van der Waals surface area contributed by atoms with E-state index >= 15 is 0 Å². The molecule has 1 saturated heterocycles. The van der Waals surface area contributed by atoms with Crippen LogP contribution in [0.3, 0.4) is 0 Å². The topological polar surface area (TPSA) is 92.3 Å². The lowest BCUT2D eigenvalue weighted by Crippen LogP contribution is -2.37. The van der Waals surface area contributed by atoms with Gasteiger partial charge in [-0.15, -0.1) is 12.4 Å². The van der Waals surface area contributed by atoms with Crippen molar-refractivity contribution in [3.63, 3.8) is 0 Å². The number of thiazole rings is 1. The summed E-state index contributed by atoms with van der Waals surface area (Å²) in [4.78, 5) is 22.0. The fraction of sp³-hybridized carbons (Fsp3) is 0.440. The monoisotopic (exact) mass is 568 g/mol. The molecule has 1 unspecified atom stereocenters. The van der Waals surface area contributed by atoms with E-state index in [0.29, 0.717) is 42.7 Å². The first kappa shape index (κ1) is 29.3. The van der Waals surface area contributed by atoms with E-state index in [1.54, 1.807) is 31.2 Å². The molecule has 0 radical (unpaired) electrons. The van der Waals surface area contributed by atoms with E-state index in [0.717, 1.165) is 23.1 Å². The smallest absolute Gasteiger partial charge is 0.260 e. The number of hydrogen-bond donors (Lipinski definition) is 0. The maximum absolute atomic E-state index is 13.6. The average Bonchev–Trinajstić information content (AvgIpc) is 3.53. The Hall–Kier alpha value is -2.28. The summed E-state index contributed by atoms with van der Waals surface area (Å²) in [6, 6.07) is 11.7. The zero-order valence-electron chi connectivity index (χ0n) is 21.4. The Bertz CT molecular complexity index is 1310. The molecule has 37 heavy (non-hydrogen) atoms. The first-order valence-corrected chi connectivity index (χ1v) is 14.0. The Labute approximate surface area is 228 Å². The number of anilines is 1. The second-order valence-electron chi connectivity index (χ2n) is 9.04. The highest BCUT2D eigenvalue weighted by Crippen LogP contribution is 2.32. The van der Waals surface area contributed by atoms with Gasteiger partial charge in [0.25, 0.3) is 5.91 Å². The van der Waals surface area contributed by atoms with Gasteiger partial charge < -0.3 is 14.4 Å². The van der Waals surface area contributed by atoms with Gasteiger partial charge >= 0.3 is 0 Å². The molecular weight excluding hydrogens is 536 g/mol. The second-order valence-corrected chi connectivity index (χ2v) is 12.1. The largest absolute Gasteiger partial charge is 0.497 e. The average molecular weight is 569 g/mol. The van der Waals surface area contributed by atoms with Gasteiger partial charge in [0.1, 0.15) is 5.75 Å². The Morgan fingerprint density at radius 1 is 1.14 bits per heavy atom. The van der Waals surface area contributed by atoms with Crippen molar-refractivity contribution in [2.24, 2.45) is 0 Å². The van der Waals surface area contributed by atoms with E-state index < -0.39 is 10.0 Å². The van der Waals surface area contributed by atoms with Crippen molar-refractivity contribution in [1.82, 2.24) is 14.2 Å². The molecule has 2 heterocycles. The van der Waals surface area contributed by atoms with Crippen LogP contribution in [0, 0.1) is 0 Å². The molecule has 1 amide bonds. The lowest BCUT2D eigenvalue weighted by Gasteiger charge is -2.22. The predicted molar refractivity (Wildman–Crippen MR) is 149 cm³/mol. The number of benzene rings is 2. The number of rotatable bonds is 10. The van der Waals surface area contributed by atoms with Crippen LogP contribution in [-0.4, -0.2) is 89.1 Å². The van der Waals surface area contributed by atoms with Crippen LogP contribution in [0.25, 0.3) is 10.2 Å². The van der Waals surface area contributed by atoms with E-state index in [1.807, 2.05) is 37.2 Å². The molecule has 1 aliphatic rings. The number of amides is 1. The van der Waals surface area contributed by atoms with Crippen LogP contribution in [0.5, 0.6) is 5.75 Å². The normalized spacial score (nSPS) is 15.8. The van der Waals surface area contributed by atoms with E-state index in [4.69, 9.17) is 9.47 Å². The molecule has 3 aromatic rings. The number of halogens is 1. The maximum atomic E-state index is 13.6. The first-order chi connectivity index (χ1) is 17.2. The van der Waals surface area contributed by atoms with Crippen molar-refractivity contribution in [3.8, 4) is 5.75 Å². The summed E-state index contributed by atoms with van der Waals surface area (Å²) < 4.78 is 39.2. The number of ether oxygens (including phenoxy) is 2. The highest BCUT2D eigenvalue weighted by Gasteiger charge is 2.27. The molecule has 0 aliphatic carbocycles. The van der Waals surface area contributed by atoms with Crippen LogP contribution >= 0.6 is 23.7 Å². The minimum atomic E-state index is -3.69. The fourth-order valence-electron chi connectivity index (χ4n) is 4.00. The molecular formula is C25H33ClN4O5S2. The molecule has 9 nitrogen and oxygen atoms in total. The third-order valence-corrected chi connectivity index (χ3v) is 9.02. The van der Waals surface area contributed by atoms with Crippen molar-refractivity contribution in [1.29, 1.82) is 0 Å². The summed E-state index contributed by atoms with van der Waals surface area (Å²) in [7, 11) is 3.36. The van der Waals surface area contributed by atoms with Gasteiger partial charge in [0.05, 0.1) is 28.3 Å². The molecule has 0 spiro atoms. The molecule has 0 bridgehead atoms. The van der Waals surface area contributed by atoms with Gasteiger partial charge in [-0.3, -0.25) is 9.69 Å². The SMILES string of the molecule is COc1ccc2sc(N(CCN(C)C)C(=O)c3ccc(S(=O)(=O)N(C)CC4CCCO4)cc3)nc2c1.Cl. The van der Waals surface area contributed by atoms with Gasteiger partial charge in [0.15, 0.2) is 5.13 Å². The number of hydrogen-bond acceptors (Lipinski definition) is 8. The Kier molecular flexibility index (Phi) is 9.90. The standard InChI is InChI=1S/C25H32N4O5S2.ClH/c1-27(2)13-14-29(25-26-22-16-19(33-4)9-12-23(22)35-25)24(30)18-7-10-21(11-8-18)36(31,32)28(3)17-20-6-5-15-34-20;/h7-12,16,20H,5-6,13-15,17H2,1-4H3;1H. The van der Waals surface area contributed by atoms with Crippen LogP contribution in [0.15, 0.2) is 47.4 Å². The van der Waals surface area contributed by atoms with Crippen LogP contribution < -0.4 is 9.64 Å². The molecule has 1 atom stereocenters. The molecule has 2 aromatic carbocycles. The van der Waals surface area contributed by atoms with Crippen LogP contribution in [0.2, 0.25) is 0 Å². The zero-order valence-corrected chi connectivity index (χ0v) is 23.9. The Balaban J connectivity index is 0.00000380. The van der Waals surface area contributed by atoms with Gasteiger partial charge in [-0.25, -0.2) is 13.4 Å². The predicted octanol–water partition coefficient (Wildman–Crippen LogP) is 3.73. The summed E-state index contributed by atoms with van der Waals surface area (Å²) in [5.74, 6) is 0.464. The summed E-state index contributed by atoms with van der Waals surface area (Å²) in [6.07, 6.45) is 1.72. The number of fused-ring (bicyclic) bond motifs is 1. The number of likely N-dealkylation sites (N-methyl/N-ethyl adjacent to an activating group) is 2.